The third-order valence-corrected chi connectivity index (χ3v) is 4.77. The Labute approximate surface area is 153 Å². The molecular formula is C20H24N4O2. The summed E-state index contributed by atoms with van der Waals surface area (Å²) in [7, 11) is 0. The molecule has 1 aliphatic rings. The molecule has 0 spiro atoms. The topological polar surface area (TPSA) is 75.2 Å². The summed E-state index contributed by atoms with van der Waals surface area (Å²) in [5, 5.41) is 2.81. The second kappa shape index (κ2) is 8.56. The Morgan fingerprint density at radius 1 is 1.27 bits per heavy atom. The van der Waals surface area contributed by atoms with Crippen molar-refractivity contribution < 1.29 is 9.59 Å². The maximum Gasteiger partial charge on any atom is 0.270 e. The van der Waals surface area contributed by atoms with Crippen LogP contribution in [0.5, 0.6) is 0 Å². The highest BCUT2D eigenvalue weighted by atomic mass is 16.2. The molecule has 2 aromatic heterocycles. The van der Waals surface area contributed by atoms with E-state index in [0.29, 0.717) is 12.1 Å². The molecule has 1 aliphatic heterocycles. The fourth-order valence-electron chi connectivity index (χ4n) is 3.32. The minimum absolute atomic E-state index is 0.0136. The molecule has 1 atom stereocenters. The molecule has 6 nitrogen and oxygen atoms in total. The second-order valence-electron chi connectivity index (χ2n) is 6.53. The van der Waals surface area contributed by atoms with Crippen LogP contribution in [0.1, 0.15) is 59.0 Å². The summed E-state index contributed by atoms with van der Waals surface area (Å²) < 4.78 is 0. The van der Waals surface area contributed by atoms with Gasteiger partial charge in [0.1, 0.15) is 5.69 Å². The van der Waals surface area contributed by atoms with E-state index in [0.717, 1.165) is 31.4 Å². The molecule has 26 heavy (non-hydrogen) atoms. The molecule has 6 heteroatoms. The highest BCUT2D eigenvalue weighted by Crippen LogP contribution is 2.21. The van der Waals surface area contributed by atoms with E-state index in [2.05, 4.69) is 22.2 Å². The molecule has 1 N–H and O–H groups in total. The normalized spacial score (nSPS) is 17.0. The van der Waals surface area contributed by atoms with Crippen LogP contribution in [0, 0.1) is 0 Å². The maximum absolute atomic E-state index is 12.9. The number of nitrogens with one attached hydrogen (secondary N) is 1. The van der Waals surface area contributed by atoms with Gasteiger partial charge in [-0.15, -0.1) is 0 Å². The highest BCUT2D eigenvalue weighted by Gasteiger charge is 2.26. The van der Waals surface area contributed by atoms with Gasteiger partial charge in [-0.2, -0.15) is 0 Å². The van der Waals surface area contributed by atoms with Crippen LogP contribution in [-0.4, -0.2) is 39.3 Å². The third-order valence-electron chi connectivity index (χ3n) is 4.77. The molecule has 1 saturated heterocycles. The van der Waals surface area contributed by atoms with E-state index in [1.165, 1.54) is 12.6 Å². The number of carbonyl (C=O) groups excluding carboxylic acids is 2. The van der Waals surface area contributed by atoms with Gasteiger partial charge < -0.3 is 10.2 Å². The molecule has 136 valence electrons. The van der Waals surface area contributed by atoms with Crippen LogP contribution in [-0.2, 0) is 6.54 Å². The minimum Gasteiger partial charge on any atom is -0.347 e. The maximum atomic E-state index is 12.9. The minimum atomic E-state index is -0.297. The molecule has 0 aromatic carbocycles. The van der Waals surface area contributed by atoms with Gasteiger partial charge in [0, 0.05) is 43.3 Å². The SMILES string of the molecule is CCC1CCCCN1C(=O)c1ccnc(C(=O)NCc2cccnc2)c1. The Morgan fingerprint density at radius 3 is 2.92 bits per heavy atom. The van der Waals surface area contributed by atoms with Gasteiger partial charge >= 0.3 is 0 Å². The van der Waals surface area contributed by atoms with Gasteiger partial charge in [-0.1, -0.05) is 13.0 Å². The summed E-state index contributed by atoms with van der Waals surface area (Å²) in [5.74, 6) is -0.311. The van der Waals surface area contributed by atoms with Gasteiger partial charge in [0.05, 0.1) is 0 Å². The summed E-state index contributed by atoms with van der Waals surface area (Å²) in [5.41, 5.74) is 1.68. The van der Waals surface area contributed by atoms with E-state index in [1.54, 1.807) is 24.5 Å². The fraction of sp³-hybridized carbons (Fsp3) is 0.400. The molecule has 2 aromatic rings. The predicted octanol–water partition coefficient (Wildman–Crippen LogP) is 2.81. The van der Waals surface area contributed by atoms with E-state index < -0.39 is 0 Å². The average Bonchev–Trinajstić information content (AvgIpc) is 2.72. The molecule has 3 rings (SSSR count). The Kier molecular flexibility index (Phi) is 5.94. The number of carbonyl (C=O) groups is 2. The van der Waals surface area contributed by atoms with Gasteiger partial charge in [0.2, 0.25) is 0 Å². The molecule has 0 radical (unpaired) electrons. The summed E-state index contributed by atoms with van der Waals surface area (Å²) in [6.07, 6.45) is 9.12. The number of amides is 2. The lowest BCUT2D eigenvalue weighted by Gasteiger charge is -2.35. The zero-order chi connectivity index (χ0) is 18.4. The number of aromatic nitrogens is 2. The lowest BCUT2D eigenvalue weighted by atomic mass is 9.99. The van der Waals surface area contributed by atoms with Crippen LogP contribution in [0.15, 0.2) is 42.9 Å². The van der Waals surface area contributed by atoms with Crippen LogP contribution < -0.4 is 5.32 Å². The summed E-state index contributed by atoms with van der Waals surface area (Å²) in [4.78, 5) is 35.3. The zero-order valence-corrected chi connectivity index (χ0v) is 15.0. The highest BCUT2D eigenvalue weighted by molar-refractivity contribution is 5.98. The van der Waals surface area contributed by atoms with Crippen molar-refractivity contribution in [3.8, 4) is 0 Å². The van der Waals surface area contributed by atoms with E-state index >= 15 is 0 Å². The molecule has 2 amide bonds. The quantitative estimate of drug-likeness (QED) is 0.898. The largest absolute Gasteiger partial charge is 0.347 e. The van der Waals surface area contributed by atoms with Crippen LogP contribution in [0.2, 0.25) is 0 Å². The van der Waals surface area contributed by atoms with Gasteiger partial charge in [0.25, 0.3) is 11.8 Å². The number of hydrogen-bond acceptors (Lipinski definition) is 4. The van der Waals surface area contributed by atoms with Crippen molar-refractivity contribution in [2.24, 2.45) is 0 Å². The Bertz CT molecular complexity index is 763. The number of rotatable bonds is 5. The Hall–Kier alpha value is -2.76. The number of piperidine rings is 1. The van der Waals surface area contributed by atoms with Gasteiger partial charge in [-0.05, 0) is 49.4 Å². The third kappa shape index (κ3) is 4.25. The summed E-state index contributed by atoms with van der Waals surface area (Å²) in [6.45, 7) is 3.26. The molecule has 3 heterocycles. The van der Waals surface area contributed by atoms with Crippen molar-refractivity contribution in [1.29, 1.82) is 0 Å². The lowest BCUT2D eigenvalue weighted by molar-refractivity contribution is 0.0608. The average molecular weight is 352 g/mol. The number of nitrogens with zero attached hydrogens (tertiary/aromatic N) is 3. The first-order chi connectivity index (χ1) is 12.7. The summed E-state index contributed by atoms with van der Waals surface area (Å²) in [6, 6.07) is 7.26. The predicted molar refractivity (Wildman–Crippen MR) is 98.6 cm³/mol. The van der Waals surface area contributed by atoms with Crippen LogP contribution in [0.25, 0.3) is 0 Å². The van der Waals surface area contributed by atoms with Crippen LogP contribution in [0.3, 0.4) is 0 Å². The van der Waals surface area contributed by atoms with Crippen molar-refractivity contribution in [2.75, 3.05) is 6.54 Å². The molecule has 0 aliphatic carbocycles. The van der Waals surface area contributed by atoms with Crippen molar-refractivity contribution in [3.05, 3.63) is 59.7 Å². The number of hydrogen-bond donors (Lipinski definition) is 1. The van der Waals surface area contributed by atoms with Crippen molar-refractivity contribution in [1.82, 2.24) is 20.2 Å². The van der Waals surface area contributed by atoms with Gasteiger partial charge in [-0.25, -0.2) is 0 Å². The van der Waals surface area contributed by atoms with Crippen molar-refractivity contribution in [2.45, 2.75) is 45.2 Å². The first-order valence-electron chi connectivity index (χ1n) is 9.13. The smallest absolute Gasteiger partial charge is 0.270 e. The number of likely N-dealkylation sites (tertiary alicyclic amines) is 1. The van der Waals surface area contributed by atoms with E-state index in [1.807, 2.05) is 17.0 Å². The van der Waals surface area contributed by atoms with Crippen LogP contribution >= 0.6 is 0 Å². The van der Waals surface area contributed by atoms with E-state index in [9.17, 15) is 9.59 Å². The Morgan fingerprint density at radius 2 is 2.15 bits per heavy atom. The van der Waals surface area contributed by atoms with Crippen LogP contribution in [0.4, 0.5) is 0 Å². The van der Waals surface area contributed by atoms with E-state index in [4.69, 9.17) is 0 Å². The van der Waals surface area contributed by atoms with Crippen molar-refractivity contribution >= 4 is 11.8 Å². The van der Waals surface area contributed by atoms with Crippen molar-refractivity contribution in [3.63, 3.8) is 0 Å². The molecule has 1 unspecified atom stereocenters. The van der Waals surface area contributed by atoms with E-state index in [-0.39, 0.29) is 23.6 Å². The second-order valence-corrected chi connectivity index (χ2v) is 6.53. The van der Waals surface area contributed by atoms with Gasteiger partial charge in [0.15, 0.2) is 0 Å². The first kappa shape index (κ1) is 18.0. The monoisotopic (exact) mass is 352 g/mol. The lowest BCUT2D eigenvalue weighted by Crippen LogP contribution is -2.43. The molecule has 0 bridgehead atoms. The molecule has 0 saturated carbocycles. The fourth-order valence-corrected chi connectivity index (χ4v) is 3.32. The number of pyridine rings is 2. The molecular weight excluding hydrogens is 328 g/mol. The Balaban J connectivity index is 1.69. The summed E-state index contributed by atoms with van der Waals surface area (Å²) >= 11 is 0. The first-order valence-corrected chi connectivity index (χ1v) is 9.13. The molecule has 1 fully saturated rings. The standard InChI is InChI=1S/C20H24N4O2/c1-2-17-7-3-4-11-24(17)20(26)16-8-10-22-18(12-16)19(25)23-14-15-6-5-9-21-13-15/h5-6,8-10,12-13,17H,2-4,7,11,14H2,1H3,(H,23,25). The zero-order valence-electron chi connectivity index (χ0n) is 15.0. The van der Waals surface area contributed by atoms with Gasteiger partial charge in [-0.3, -0.25) is 19.6 Å².